The number of aromatic nitrogens is 1. The molecule has 1 aromatic heterocycles. The fourth-order valence-electron chi connectivity index (χ4n) is 4.82. The lowest BCUT2D eigenvalue weighted by Crippen LogP contribution is -2.45. The van der Waals surface area contributed by atoms with Gasteiger partial charge >= 0.3 is 6.18 Å². The molecule has 11 nitrogen and oxygen atoms in total. The van der Waals surface area contributed by atoms with Crippen LogP contribution in [0.2, 0.25) is 0 Å². The normalized spacial score (nSPS) is 21.1. The number of pyridine rings is 1. The number of piperazine rings is 1. The molecule has 0 spiro atoms. The number of carbonyl (C=O) groups excluding carboxylic acids is 1. The second-order valence-corrected chi connectivity index (χ2v) is 10.1. The summed E-state index contributed by atoms with van der Waals surface area (Å²) in [5.41, 5.74) is -0.690. The molecule has 218 valence electrons. The van der Waals surface area contributed by atoms with Crippen molar-refractivity contribution in [3.05, 3.63) is 59.6 Å². The standard InChI is InChI=1S/C27H32F3N9O2/c1-4-38-9-11-39(12-10-38)16-18-5-6-19(13-21(18)27(28,29)30)34-24-35-22-15-32-25(37-26(22,3)36-24)41-20-7-8-31-23(14-20)33-17(2)40/h5-8,13-15H,4,9-12,16H2,1-3H3,(H,32,37)(H,31,33,40)(H2,34,35,36). The van der Waals surface area contributed by atoms with E-state index in [9.17, 15) is 18.0 Å². The van der Waals surface area contributed by atoms with Crippen molar-refractivity contribution >= 4 is 29.4 Å². The van der Waals surface area contributed by atoms with Crippen LogP contribution in [0.5, 0.6) is 5.75 Å². The third-order valence-electron chi connectivity index (χ3n) is 6.99. The molecule has 1 amide bonds. The highest BCUT2D eigenvalue weighted by molar-refractivity contribution is 5.98. The number of anilines is 2. The Bertz CT molecular complexity index is 1400. The predicted molar refractivity (Wildman–Crippen MR) is 149 cm³/mol. The molecule has 41 heavy (non-hydrogen) atoms. The average molecular weight is 572 g/mol. The zero-order chi connectivity index (χ0) is 29.2. The number of ether oxygens (including phenoxy) is 1. The summed E-state index contributed by atoms with van der Waals surface area (Å²) in [5.74, 6) is 0.690. The van der Waals surface area contributed by atoms with Crippen LogP contribution in [0.25, 0.3) is 0 Å². The highest BCUT2D eigenvalue weighted by Gasteiger charge is 2.39. The Morgan fingerprint density at radius 1 is 1.12 bits per heavy atom. The van der Waals surface area contributed by atoms with Crippen molar-refractivity contribution in [1.29, 1.82) is 0 Å². The van der Waals surface area contributed by atoms with E-state index in [-0.39, 0.29) is 35.7 Å². The lowest BCUT2D eigenvalue weighted by Gasteiger charge is -2.34. The van der Waals surface area contributed by atoms with Gasteiger partial charge in [-0.15, -0.1) is 0 Å². The number of rotatable bonds is 6. The Balaban J connectivity index is 1.29. The van der Waals surface area contributed by atoms with Crippen molar-refractivity contribution in [3.63, 3.8) is 0 Å². The summed E-state index contributed by atoms with van der Waals surface area (Å²) in [6, 6.07) is 7.56. The lowest BCUT2D eigenvalue weighted by molar-refractivity contribution is -0.138. The summed E-state index contributed by atoms with van der Waals surface area (Å²) in [6.45, 7) is 9.55. The summed E-state index contributed by atoms with van der Waals surface area (Å²) >= 11 is 0. The van der Waals surface area contributed by atoms with Gasteiger partial charge in [0, 0.05) is 63.8 Å². The maximum absolute atomic E-state index is 14.1. The molecule has 5 rings (SSSR count). The summed E-state index contributed by atoms with van der Waals surface area (Å²) in [5, 5.41) is 11.5. The van der Waals surface area contributed by atoms with Gasteiger partial charge in [-0.1, -0.05) is 13.0 Å². The number of benzene rings is 1. The van der Waals surface area contributed by atoms with Crippen molar-refractivity contribution in [2.45, 2.75) is 39.2 Å². The van der Waals surface area contributed by atoms with Crippen LogP contribution in [0.1, 0.15) is 31.9 Å². The molecule has 1 aromatic carbocycles. The molecular formula is C27H32F3N9O2. The van der Waals surface area contributed by atoms with E-state index < -0.39 is 17.4 Å². The van der Waals surface area contributed by atoms with Gasteiger partial charge in [-0.05, 0) is 37.2 Å². The van der Waals surface area contributed by atoms with Gasteiger partial charge in [-0.3, -0.25) is 9.69 Å². The number of halogens is 3. The SMILES string of the molecule is CCN1CCN(Cc2ccc(NC3=NC4(C)N=C(Oc5ccnc(NC(C)=O)c5)NC=C4N3)cc2C(F)(F)F)CC1. The monoisotopic (exact) mass is 571 g/mol. The summed E-state index contributed by atoms with van der Waals surface area (Å²) in [6.07, 6.45) is -1.39. The Morgan fingerprint density at radius 2 is 1.88 bits per heavy atom. The number of hydrogen-bond acceptors (Lipinski definition) is 10. The number of hydrogen-bond donors (Lipinski definition) is 4. The molecule has 0 radical (unpaired) electrons. The van der Waals surface area contributed by atoms with E-state index in [1.54, 1.807) is 31.3 Å². The zero-order valence-electron chi connectivity index (χ0n) is 23.0. The maximum Gasteiger partial charge on any atom is 0.416 e. The topological polar surface area (TPSA) is 119 Å². The molecule has 0 saturated carbocycles. The first-order valence-corrected chi connectivity index (χ1v) is 13.3. The number of aliphatic imine (C=N–C) groups is 2. The predicted octanol–water partition coefficient (Wildman–Crippen LogP) is 3.16. The Kier molecular flexibility index (Phi) is 7.87. The van der Waals surface area contributed by atoms with Gasteiger partial charge in [0.1, 0.15) is 11.6 Å². The van der Waals surface area contributed by atoms with Crippen LogP contribution in [0.15, 0.2) is 58.4 Å². The van der Waals surface area contributed by atoms with Crippen LogP contribution in [-0.4, -0.2) is 71.1 Å². The van der Waals surface area contributed by atoms with Crippen molar-refractivity contribution in [3.8, 4) is 5.75 Å². The third-order valence-corrected chi connectivity index (χ3v) is 6.99. The minimum Gasteiger partial charge on any atom is -0.426 e. The number of fused-ring (bicyclic) bond motifs is 1. The Hall–Kier alpha value is -4.17. The lowest BCUT2D eigenvalue weighted by atomic mass is 10.0. The maximum atomic E-state index is 14.1. The van der Waals surface area contributed by atoms with Crippen LogP contribution < -0.4 is 26.0 Å². The van der Waals surface area contributed by atoms with Crippen LogP contribution >= 0.6 is 0 Å². The van der Waals surface area contributed by atoms with E-state index in [2.05, 4.69) is 53.0 Å². The van der Waals surface area contributed by atoms with Crippen molar-refractivity contribution in [2.75, 3.05) is 43.4 Å². The minimum atomic E-state index is -4.50. The molecule has 1 atom stereocenters. The van der Waals surface area contributed by atoms with Gasteiger partial charge in [-0.25, -0.2) is 9.98 Å². The number of nitrogens with zero attached hydrogens (tertiary/aromatic N) is 5. The van der Waals surface area contributed by atoms with Gasteiger partial charge in [0.25, 0.3) is 6.02 Å². The first-order valence-electron chi connectivity index (χ1n) is 13.3. The fourth-order valence-corrected chi connectivity index (χ4v) is 4.82. The highest BCUT2D eigenvalue weighted by atomic mass is 19.4. The molecule has 4 N–H and O–H groups in total. The van der Waals surface area contributed by atoms with Crippen LogP contribution in [0.4, 0.5) is 24.7 Å². The molecule has 4 heterocycles. The van der Waals surface area contributed by atoms with Crippen molar-refractivity contribution in [2.24, 2.45) is 9.98 Å². The second kappa shape index (κ2) is 11.4. The quantitative estimate of drug-likeness (QED) is 0.418. The number of carbonyl (C=O) groups is 1. The van der Waals surface area contributed by atoms with E-state index in [1.807, 2.05) is 0 Å². The number of alkyl halides is 3. The molecule has 0 aliphatic carbocycles. The van der Waals surface area contributed by atoms with E-state index in [4.69, 9.17) is 4.74 Å². The second-order valence-electron chi connectivity index (χ2n) is 10.1. The molecule has 1 unspecified atom stereocenters. The molecule has 0 bridgehead atoms. The summed E-state index contributed by atoms with van der Waals surface area (Å²) < 4.78 is 48.0. The largest absolute Gasteiger partial charge is 0.426 e. The number of nitrogens with one attached hydrogen (secondary N) is 4. The first-order chi connectivity index (χ1) is 19.5. The van der Waals surface area contributed by atoms with E-state index in [0.29, 0.717) is 17.3 Å². The van der Waals surface area contributed by atoms with Gasteiger partial charge in [0.05, 0.1) is 11.3 Å². The molecule has 1 saturated heterocycles. The summed E-state index contributed by atoms with van der Waals surface area (Å²) in [7, 11) is 0. The molecule has 3 aliphatic rings. The number of amidine groups is 1. The number of guanidine groups is 1. The molecule has 2 aromatic rings. The molecule has 1 fully saturated rings. The van der Waals surface area contributed by atoms with E-state index in [0.717, 1.165) is 38.8 Å². The number of amides is 1. The highest BCUT2D eigenvalue weighted by Crippen LogP contribution is 2.35. The third kappa shape index (κ3) is 6.77. The van der Waals surface area contributed by atoms with Crippen molar-refractivity contribution in [1.82, 2.24) is 25.4 Å². The van der Waals surface area contributed by atoms with Gasteiger partial charge in [0.2, 0.25) is 11.9 Å². The van der Waals surface area contributed by atoms with Crippen LogP contribution in [-0.2, 0) is 17.5 Å². The van der Waals surface area contributed by atoms with Crippen LogP contribution in [0.3, 0.4) is 0 Å². The summed E-state index contributed by atoms with van der Waals surface area (Å²) in [4.78, 5) is 28.8. The minimum absolute atomic E-state index is 0.145. The first kappa shape index (κ1) is 28.4. The van der Waals surface area contributed by atoms with Gasteiger partial charge < -0.3 is 30.9 Å². The number of likely N-dealkylation sites (N-methyl/N-ethyl adjacent to an activating group) is 1. The zero-order valence-corrected chi connectivity index (χ0v) is 23.0. The average Bonchev–Trinajstić information content (AvgIpc) is 3.24. The molecule has 3 aliphatic heterocycles. The van der Waals surface area contributed by atoms with E-state index >= 15 is 0 Å². The fraction of sp³-hybridized carbons (Fsp3) is 0.407. The van der Waals surface area contributed by atoms with E-state index in [1.165, 1.54) is 19.2 Å². The smallest absolute Gasteiger partial charge is 0.416 e. The molecular weight excluding hydrogens is 539 g/mol. The van der Waals surface area contributed by atoms with Crippen LogP contribution in [0, 0.1) is 0 Å². The van der Waals surface area contributed by atoms with Crippen molar-refractivity contribution < 1.29 is 22.7 Å². The Morgan fingerprint density at radius 3 is 2.59 bits per heavy atom. The molecule has 14 heteroatoms. The van der Waals surface area contributed by atoms with Gasteiger partial charge in [-0.2, -0.15) is 18.2 Å². The van der Waals surface area contributed by atoms with Gasteiger partial charge in [0.15, 0.2) is 5.66 Å². The Labute approximate surface area is 235 Å².